The molecule has 0 unspecified atom stereocenters. The number of para-hydroxylation sites is 2. The van der Waals surface area contributed by atoms with Crippen LogP contribution in [-0.2, 0) is 0 Å². The molecule has 5 aromatic carbocycles. The van der Waals surface area contributed by atoms with Crippen molar-refractivity contribution >= 4 is 53.7 Å². The Hall–Kier alpha value is -5.45. The number of furan rings is 1. The summed E-state index contributed by atoms with van der Waals surface area (Å²) in [7, 11) is 0. The first-order valence-electron chi connectivity index (χ1n) is 14.4. The van der Waals surface area contributed by atoms with Gasteiger partial charge in [0, 0.05) is 32.3 Å². The molecule has 0 fully saturated rings. The van der Waals surface area contributed by atoms with Gasteiger partial charge in [-0.2, -0.15) is 0 Å². The van der Waals surface area contributed by atoms with E-state index in [1.54, 1.807) is 11.3 Å². The van der Waals surface area contributed by atoms with Crippen LogP contribution in [0.25, 0.3) is 81.7 Å². The number of aromatic nitrogens is 2. The second-order valence-electron chi connectivity index (χ2n) is 10.8. The summed E-state index contributed by atoms with van der Waals surface area (Å²) in [6, 6.07) is 51.0. The molecule has 43 heavy (non-hydrogen) atoms. The number of pyridine rings is 1. The van der Waals surface area contributed by atoms with Crippen LogP contribution in [0.15, 0.2) is 150 Å². The van der Waals surface area contributed by atoms with Crippen molar-refractivity contribution in [1.29, 1.82) is 0 Å². The molecule has 0 atom stereocenters. The molecule has 0 aliphatic heterocycles. The summed E-state index contributed by atoms with van der Waals surface area (Å²) in [6.45, 7) is 0. The summed E-state index contributed by atoms with van der Waals surface area (Å²) in [5.74, 6) is 0. The lowest BCUT2D eigenvalue weighted by Gasteiger charge is -2.10. The van der Waals surface area contributed by atoms with E-state index in [2.05, 4.69) is 138 Å². The largest absolute Gasteiger partial charge is 0.438 e. The Morgan fingerprint density at radius 1 is 0.535 bits per heavy atom. The van der Waals surface area contributed by atoms with Crippen LogP contribution in [0.5, 0.6) is 0 Å². The van der Waals surface area contributed by atoms with Crippen molar-refractivity contribution in [3.05, 3.63) is 146 Å². The third-order valence-corrected chi connectivity index (χ3v) is 9.38. The van der Waals surface area contributed by atoms with Crippen molar-refractivity contribution in [2.75, 3.05) is 0 Å². The maximum atomic E-state index is 6.81. The third kappa shape index (κ3) is 3.84. The second kappa shape index (κ2) is 9.55. The third-order valence-electron chi connectivity index (χ3n) is 8.21. The van der Waals surface area contributed by atoms with Gasteiger partial charge in [-0.3, -0.25) is 4.57 Å². The summed E-state index contributed by atoms with van der Waals surface area (Å²) in [6.07, 6.45) is 0. The SMILES string of the molecule is c1ccc(-c2cc(-c3ccccc3)nc(-c3ccc4sc5c(oc6c5c5ccccc5n6-c5ccccc5)c4c3)c2)cc1. The van der Waals surface area contributed by atoms with Crippen molar-refractivity contribution in [1.82, 2.24) is 9.55 Å². The maximum Gasteiger partial charge on any atom is 0.214 e. The first-order chi connectivity index (χ1) is 21.3. The number of fused-ring (bicyclic) bond motifs is 7. The number of nitrogens with zero attached hydrogens (tertiary/aromatic N) is 2. The van der Waals surface area contributed by atoms with E-state index in [1.807, 2.05) is 12.1 Å². The standard InChI is InChI=1S/C39H24N2OS/c1-4-12-25(13-5-1)28-23-32(26-14-6-2-7-15-26)40-33(24-28)27-20-21-35-31(22-27)37-38(43-35)36-30-18-10-11-19-34(30)41(39(36)42-37)29-16-8-3-9-17-29/h1-24H. The molecular formula is C39H24N2OS. The average Bonchev–Trinajstić information content (AvgIpc) is 3.72. The van der Waals surface area contributed by atoms with Crippen LogP contribution in [0, 0.1) is 0 Å². The Morgan fingerprint density at radius 3 is 1.95 bits per heavy atom. The van der Waals surface area contributed by atoms with Gasteiger partial charge in [0.2, 0.25) is 5.71 Å². The van der Waals surface area contributed by atoms with Gasteiger partial charge in [-0.05, 0) is 53.6 Å². The molecule has 0 amide bonds. The average molecular weight is 569 g/mol. The minimum Gasteiger partial charge on any atom is -0.438 e. The first-order valence-corrected chi connectivity index (χ1v) is 15.2. The van der Waals surface area contributed by atoms with E-state index in [0.29, 0.717) is 0 Å². The zero-order valence-corrected chi connectivity index (χ0v) is 23.9. The molecule has 4 aromatic heterocycles. The number of hydrogen-bond donors (Lipinski definition) is 0. The van der Waals surface area contributed by atoms with Crippen LogP contribution >= 0.6 is 11.3 Å². The zero-order valence-electron chi connectivity index (χ0n) is 23.1. The minimum absolute atomic E-state index is 0.886. The zero-order chi connectivity index (χ0) is 28.3. The number of thiophene rings is 1. The van der Waals surface area contributed by atoms with Crippen molar-refractivity contribution in [3.63, 3.8) is 0 Å². The van der Waals surface area contributed by atoms with Gasteiger partial charge < -0.3 is 4.42 Å². The van der Waals surface area contributed by atoms with E-state index < -0.39 is 0 Å². The fourth-order valence-electron chi connectivity index (χ4n) is 6.20. The molecule has 0 aliphatic rings. The highest BCUT2D eigenvalue weighted by atomic mass is 32.1. The first kappa shape index (κ1) is 24.2. The van der Waals surface area contributed by atoms with Gasteiger partial charge in [0.25, 0.3) is 0 Å². The van der Waals surface area contributed by atoms with Gasteiger partial charge in [0.1, 0.15) is 0 Å². The molecule has 0 N–H and O–H groups in total. The topological polar surface area (TPSA) is 31.0 Å². The highest BCUT2D eigenvalue weighted by Crippen LogP contribution is 2.46. The van der Waals surface area contributed by atoms with Crippen LogP contribution in [-0.4, -0.2) is 9.55 Å². The van der Waals surface area contributed by atoms with Crippen LogP contribution in [0.2, 0.25) is 0 Å². The molecule has 0 spiro atoms. The molecule has 0 radical (unpaired) electrons. The molecule has 0 saturated carbocycles. The van der Waals surface area contributed by atoms with Gasteiger partial charge in [0.15, 0.2) is 5.58 Å². The molecule has 9 aromatic rings. The quantitative estimate of drug-likeness (QED) is 0.211. The minimum atomic E-state index is 0.886. The highest BCUT2D eigenvalue weighted by Gasteiger charge is 2.22. The number of hydrogen-bond acceptors (Lipinski definition) is 3. The van der Waals surface area contributed by atoms with E-state index in [0.717, 1.165) is 56.0 Å². The number of benzene rings is 5. The molecule has 0 bridgehead atoms. The van der Waals surface area contributed by atoms with E-state index in [1.165, 1.54) is 25.7 Å². The predicted molar refractivity (Wildman–Crippen MR) is 180 cm³/mol. The van der Waals surface area contributed by atoms with Crippen LogP contribution in [0.4, 0.5) is 0 Å². The van der Waals surface area contributed by atoms with E-state index in [9.17, 15) is 0 Å². The summed E-state index contributed by atoms with van der Waals surface area (Å²) in [4.78, 5) is 5.17. The summed E-state index contributed by atoms with van der Waals surface area (Å²) < 4.78 is 11.4. The Bertz CT molecular complexity index is 2380. The molecule has 202 valence electrons. The summed E-state index contributed by atoms with van der Waals surface area (Å²) >= 11 is 1.80. The van der Waals surface area contributed by atoms with Crippen molar-refractivity contribution in [2.45, 2.75) is 0 Å². The molecule has 0 saturated heterocycles. The van der Waals surface area contributed by atoms with E-state index >= 15 is 0 Å². The monoisotopic (exact) mass is 568 g/mol. The Labute approximate surface area is 251 Å². The Kier molecular flexibility index (Phi) is 5.37. The predicted octanol–water partition coefficient (Wildman–Crippen LogP) is 11.1. The van der Waals surface area contributed by atoms with Crippen LogP contribution in [0.1, 0.15) is 0 Å². The fourth-order valence-corrected chi connectivity index (χ4v) is 7.36. The molecule has 4 heterocycles. The Morgan fingerprint density at radius 2 is 1.19 bits per heavy atom. The molecule has 3 nitrogen and oxygen atoms in total. The molecule has 0 aliphatic carbocycles. The molecular weight excluding hydrogens is 545 g/mol. The summed E-state index contributed by atoms with van der Waals surface area (Å²) in [5.41, 5.74) is 10.4. The summed E-state index contributed by atoms with van der Waals surface area (Å²) in [5, 5.41) is 3.50. The normalized spacial score (nSPS) is 11.7. The van der Waals surface area contributed by atoms with E-state index in [-0.39, 0.29) is 0 Å². The highest BCUT2D eigenvalue weighted by molar-refractivity contribution is 7.26. The molecule has 4 heteroatoms. The van der Waals surface area contributed by atoms with Crippen molar-refractivity contribution in [3.8, 4) is 39.3 Å². The lowest BCUT2D eigenvalue weighted by Crippen LogP contribution is -1.92. The smallest absolute Gasteiger partial charge is 0.214 e. The van der Waals surface area contributed by atoms with Gasteiger partial charge in [0.05, 0.1) is 27.0 Å². The second-order valence-corrected chi connectivity index (χ2v) is 11.9. The number of rotatable bonds is 4. The van der Waals surface area contributed by atoms with Gasteiger partial charge in [-0.1, -0.05) is 103 Å². The van der Waals surface area contributed by atoms with Crippen LogP contribution in [0.3, 0.4) is 0 Å². The van der Waals surface area contributed by atoms with Crippen molar-refractivity contribution in [2.24, 2.45) is 0 Å². The van der Waals surface area contributed by atoms with E-state index in [4.69, 9.17) is 9.40 Å². The van der Waals surface area contributed by atoms with Gasteiger partial charge in [-0.25, -0.2) is 4.98 Å². The van der Waals surface area contributed by atoms with Gasteiger partial charge >= 0.3 is 0 Å². The maximum absolute atomic E-state index is 6.81. The molecule has 9 rings (SSSR count). The van der Waals surface area contributed by atoms with Crippen molar-refractivity contribution < 1.29 is 4.42 Å². The fraction of sp³-hybridized carbons (Fsp3) is 0. The van der Waals surface area contributed by atoms with Gasteiger partial charge in [-0.15, -0.1) is 11.3 Å². The van der Waals surface area contributed by atoms with Crippen LogP contribution < -0.4 is 0 Å². The Balaban J connectivity index is 1.28. The lowest BCUT2D eigenvalue weighted by atomic mass is 9.99. The lowest BCUT2D eigenvalue weighted by molar-refractivity contribution is 0.649.